The van der Waals surface area contributed by atoms with Gasteiger partial charge in [-0.2, -0.15) is 0 Å². The molecule has 0 aliphatic carbocycles. The zero-order valence-electron chi connectivity index (χ0n) is 15.1. The first kappa shape index (κ1) is 19.2. The van der Waals surface area contributed by atoms with Gasteiger partial charge < -0.3 is 19.7 Å². The Morgan fingerprint density at radius 2 is 1.85 bits per heavy atom. The molecule has 7 heteroatoms. The van der Waals surface area contributed by atoms with E-state index in [0.717, 1.165) is 4.47 Å². The van der Waals surface area contributed by atoms with E-state index in [1.54, 1.807) is 43.1 Å². The van der Waals surface area contributed by atoms with Crippen molar-refractivity contribution in [3.05, 3.63) is 58.6 Å². The number of hydrogen-bond acceptors (Lipinski definition) is 4. The van der Waals surface area contributed by atoms with E-state index in [1.807, 2.05) is 24.3 Å². The van der Waals surface area contributed by atoms with Gasteiger partial charge in [0.25, 0.3) is 5.91 Å². The fraction of sp³-hybridized carbons (Fsp3) is 0.300. The van der Waals surface area contributed by atoms with Gasteiger partial charge in [-0.3, -0.25) is 9.59 Å². The number of carbonyl (C=O) groups is 2. The number of nitrogens with zero attached hydrogens (tertiary/aromatic N) is 1. The van der Waals surface area contributed by atoms with Gasteiger partial charge in [-0.05, 0) is 43.3 Å². The van der Waals surface area contributed by atoms with Crippen LogP contribution in [0.2, 0.25) is 0 Å². The molecule has 0 fully saturated rings. The van der Waals surface area contributed by atoms with Gasteiger partial charge in [0, 0.05) is 17.1 Å². The van der Waals surface area contributed by atoms with Crippen LogP contribution < -0.4 is 14.8 Å². The van der Waals surface area contributed by atoms with E-state index in [-0.39, 0.29) is 17.9 Å². The van der Waals surface area contributed by atoms with E-state index in [1.165, 1.54) is 0 Å². The number of para-hydroxylation sites is 2. The molecule has 1 aliphatic heterocycles. The first-order valence-electron chi connectivity index (χ1n) is 8.64. The molecule has 1 aliphatic rings. The van der Waals surface area contributed by atoms with Crippen molar-refractivity contribution in [2.24, 2.45) is 0 Å². The highest BCUT2D eigenvalue weighted by Gasteiger charge is 2.26. The van der Waals surface area contributed by atoms with Crippen LogP contribution in [-0.2, 0) is 4.79 Å². The Morgan fingerprint density at radius 3 is 2.56 bits per heavy atom. The lowest BCUT2D eigenvalue weighted by Gasteiger charge is -2.30. The lowest BCUT2D eigenvalue weighted by atomic mass is 10.2. The minimum atomic E-state index is -0.650. The molecule has 27 heavy (non-hydrogen) atoms. The Morgan fingerprint density at radius 1 is 1.19 bits per heavy atom. The number of rotatable bonds is 5. The highest BCUT2D eigenvalue weighted by Crippen LogP contribution is 2.30. The first-order valence-corrected chi connectivity index (χ1v) is 9.43. The van der Waals surface area contributed by atoms with Crippen LogP contribution in [-0.4, -0.2) is 49.1 Å². The number of likely N-dealkylation sites (N-methyl/N-ethyl adjacent to an activating group) is 1. The monoisotopic (exact) mass is 432 g/mol. The number of carbonyl (C=O) groups excluding carboxylic acids is 2. The highest BCUT2D eigenvalue weighted by atomic mass is 79.9. The third-order valence-electron chi connectivity index (χ3n) is 4.25. The Bertz CT molecular complexity index is 825. The van der Waals surface area contributed by atoms with Crippen LogP contribution in [0.25, 0.3) is 0 Å². The summed E-state index contributed by atoms with van der Waals surface area (Å²) in [6.45, 7) is 2.41. The van der Waals surface area contributed by atoms with Gasteiger partial charge in [0.2, 0.25) is 5.91 Å². The molecule has 0 bridgehead atoms. The quantitative estimate of drug-likeness (QED) is 0.788. The average Bonchev–Trinajstić information content (AvgIpc) is 2.67. The first-order chi connectivity index (χ1) is 12.9. The predicted octanol–water partition coefficient (Wildman–Crippen LogP) is 2.87. The summed E-state index contributed by atoms with van der Waals surface area (Å²) < 4.78 is 12.4. The van der Waals surface area contributed by atoms with Gasteiger partial charge in [0.05, 0.1) is 6.54 Å². The summed E-state index contributed by atoms with van der Waals surface area (Å²) in [5.41, 5.74) is 0.501. The molecule has 0 saturated heterocycles. The fourth-order valence-corrected chi connectivity index (χ4v) is 3.09. The number of amides is 2. The number of benzene rings is 2. The summed E-state index contributed by atoms with van der Waals surface area (Å²) in [7, 11) is 1.69. The van der Waals surface area contributed by atoms with Crippen molar-refractivity contribution in [1.82, 2.24) is 10.2 Å². The SMILES string of the molecule is C[C@@H](NC(=O)c1ccc(Br)cc1)C(=O)N(C)C[C@@H]1COc2ccccc2O1. The van der Waals surface area contributed by atoms with Crippen LogP contribution in [0.3, 0.4) is 0 Å². The number of halogens is 1. The van der Waals surface area contributed by atoms with Crippen LogP contribution in [0, 0.1) is 0 Å². The lowest BCUT2D eigenvalue weighted by molar-refractivity contribution is -0.132. The van der Waals surface area contributed by atoms with E-state index in [9.17, 15) is 9.59 Å². The molecule has 2 atom stereocenters. The summed E-state index contributed by atoms with van der Waals surface area (Å²) >= 11 is 3.33. The summed E-state index contributed by atoms with van der Waals surface area (Å²) in [6, 6.07) is 13.8. The van der Waals surface area contributed by atoms with Crippen molar-refractivity contribution in [3.63, 3.8) is 0 Å². The number of nitrogens with one attached hydrogen (secondary N) is 1. The Labute approximate surface area is 166 Å². The second-order valence-electron chi connectivity index (χ2n) is 6.42. The van der Waals surface area contributed by atoms with Crippen LogP contribution in [0.15, 0.2) is 53.0 Å². The Hall–Kier alpha value is -2.54. The van der Waals surface area contributed by atoms with Crippen molar-refractivity contribution in [2.45, 2.75) is 19.1 Å². The smallest absolute Gasteiger partial charge is 0.251 e. The van der Waals surface area contributed by atoms with E-state index < -0.39 is 6.04 Å². The minimum absolute atomic E-state index is 0.192. The van der Waals surface area contributed by atoms with Crippen molar-refractivity contribution in [2.75, 3.05) is 20.2 Å². The molecular formula is C20H21BrN2O4. The Kier molecular flexibility index (Phi) is 6.01. The van der Waals surface area contributed by atoms with Crippen molar-refractivity contribution < 1.29 is 19.1 Å². The van der Waals surface area contributed by atoms with E-state index in [0.29, 0.717) is 30.2 Å². The molecule has 2 aromatic rings. The lowest BCUT2D eigenvalue weighted by Crippen LogP contribution is -2.49. The molecule has 0 radical (unpaired) electrons. The molecular weight excluding hydrogens is 412 g/mol. The van der Waals surface area contributed by atoms with Gasteiger partial charge >= 0.3 is 0 Å². The summed E-state index contributed by atoms with van der Waals surface area (Å²) in [5.74, 6) is 0.898. The maximum absolute atomic E-state index is 12.6. The number of ether oxygens (including phenoxy) is 2. The fourth-order valence-electron chi connectivity index (χ4n) is 2.82. The molecule has 142 valence electrons. The largest absolute Gasteiger partial charge is 0.486 e. The molecule has 0 saturated carbocycles. The van der Waals surface area contributed by atoms with Gasteiger partial charge in [-0.1, -0.05) is 28.1 Å². The maximum Gasteiger partial charge on any atom is 0.251 e. The van der Waals surface area contributed by atoms with Crippen LogP contribution in [0.1, 0.15) is 17.3 Å². The second kappa shape index (κ2) is 8.43. The second-order valence-corrected chi connectivity index (χ2v) is 7.33. The van der Waals surface area contributed by atoms with Crippen LogP contribution in [0.5, 0.6) is 11.5 Å². The summed E-state index contributed by atoms with van der Waals surface area (Å²) in [6.07, 6.45) is -0.261. The topological polar surface area (TPSA) is 67.9 Å². The third kappa shape index (κ3) is 4.80. The molecule has 1 heterocycles. The van der Waals surface area contributed by atoms with E-state index >= 15 is 0 Å². The normalized spacial score (nSPS) is 16.3. The van der Waals surface area contributed by atoms with Crippen molar-refractivity contribution in [3.8, 4) is 11.5 Å². The molecule has 6 nitrogen and oxygen atoms in total. The molecule has 3 rings (SSSR count). The van der Waals surface area contributed by atoms with E-state index in [4.69, 9.17) is 9.47 Å². The standard InChI is InChI=1S/C20H21BrN2O4/c1-13(22-19(24)14-7-9-15(21)10-8-14)20(25)23(2)11-16-12-26-17-5-3-4-6-18(17)27-16/h3-10,13,16H,11-12H2,1-2H3,(H,22,24)/t13-,16-/m1/s1. The molecule has 2 amide bonds. The zero-order chi connectivity index (χ0) is 19.4. The average molecular weight is 433 g/mol. The zero-order valence-corrected chi connectivity index (χ0v) is 16.7. The van der Waals surface area contributed by atoms with Crippen molar-refractivity contribution in [1.29, 1.82) is 0 Å². The summed E-state index contributed by atoms with van der Waals surface area (Å²) in [5, 5.41) is 2.73. The van der Waals surface area contributed by atoms with Crippen LogP contribution in [0.4, 0.5) is 0 Å². The molecule has 1 N–H and O–H groups in total. The number of hydrogen-bond donors (Lipinski definition) is 1. The maximum atomic E-state index is 12.6. The third-order valence-corrected chi connectivity index (χ3v) is 4.77. The van der Waals surface area contributed by atoms with E-state index in [2.05, 4.69) is 21.2 Å². The minimum Gasteiger partial charge on any atom is -0.486 e. The summed E-state index contributed by atoms with van der Waals surface area (Å²) in [4.78, 5) is 26.4. The number of fused-ring (bicyclic) bond motifs is 1. The molecule has 0 aromatic heterocycles. The van der Waals surface area contributed by atoms with Gasteiger partial charge in [-0.25, -0.2) is 0 Å². The Balaban J connectivity index is 1.54. The van der Waals surface area contributed by atoms with Gasteiger partial charge in [0.15, 0.2) is 17.6 Å². The van der Waals surface area contributed by atoms with Crippen molar-refractivity contribution >= 4 is 27.7 Å². The van der Waals surface area contributed by atoms with Gasteiger partial charge in [-0.15, -0.1) is 0 Å². The van der Waals surface area contributed by atoms with Crippen LogP contribution >= 0.6 is 15.9 Å². The molecule has 2 aromatic carbocycles. The predicted molar refractivity (Wildman–Crippen MR) is 105 cm³/mol. The molecule has 0 unspecified atom stereocenters. The highest BCUT2D eigenvalue weighted by molar-refractivity contribution is 9.10. The van der Waals surface area contributed by atoms with Gasteiger partial charge in [0.1, 0.15) is 12.6 Å². The molecule has 0 spiro atoms.